The monoisotopic (exact) mass is 226 g/mol. The van der Waals surface area contributed by atoms with Gasteiger partial charge in [-0.1, -0.05) is 60.2 Å². The summed E-state index contributed by atoms with van der Waals surface area (Å²) in [5, 5.41) is 0. The van der Waals surface area contributed by atoms with Crippen LogP contribution in [0.3, 0.4) is 0 Å². The molecule has 0 unspecified atom stereocenters. The quantitative estimate of drug-likeness (QED) is 0.705. The molecule has 88 valence electrons. The minimum absolute atomic E-state index is 0.701. The summed E-state index contributed by atoms with van der Waals surface area (Å²) >= 11 is 0. The Bertz CT molecular complexity index is 448. The van der Waals surface area contributed by atoms with Gasteiger partial charge in [0, 0.05) is 0 Å². The van der Waals surface area contributed by atoms with Crippen LogP contribution in [0.15, 0.2) is 54.6 Å². The Morgan fingerprint density at radius 3 is 2.41 bits per heavy atom. The Hall–Kier alpha value is -1.60. The third kappa shape index (κ3) is 4.04. The molecular weight excluding hydrogens is 208 g/mol. The molecule has 0 saturated carbocycles. The van der Waals surface area contributed by atoms with Crippen molar-refractivity contribution in [3.63, 3.8) is 0 Å². The standard InChI is InChI=1S/C16H18O/c1-14-6-5-9-15(12-14)10-11-17-13-16-7-3-2-4-8-16/h2-9,12H,10-11,13H2,1H3. The summed E-state index contributed by atoms with van der Waals surface area (Å²) in [6, 6.07) is 18.9. The molecule has 0 aliphatic rings. The van der Waals surface area contributed by atoms with E-state index in [0.717, 1.165) is 13.0 Å². The van der Waals surface area contributed by atoms with Crippen LogP contribution in [0.25, 0.3) is 0 Å². The molecule has 2 rings (SSSR count). The topological polar surface area (TPSA) is 9.23 Å². The Morgan fingerprint density at radius 2 is 1.65 bits per heavy atom. The van der Waals surface area contributed by atoms with Gasteiger partial charge < -0.3 is 4.74 Å². The highest BCUT2D eigenvalue weighted by molar-refractivity contribution is 5.22. The minimum atomic E-state index is 0.701. The van der Waals surface area contributed by atoms with E-state index < -0.39 is 0 Å². The van der Waals surface area contributed by atoms with E-state index >= 15 is 0 Å². The van der Waals surface area contributed by atoms with Crippen molar-refractivity contribution in [3.05, 3.63) is 71.3 Å². The van der Waals surface area contributed by atoms with E-state index in [9.17, 15) is 0 Å². The maximum Gasteiger partial charge on any atom is 0.0717 e. The Labute approximate surface area is 103 Å². The van der Waals surface area contributed by atoms with Crippen molar-refractivity contribution < 1.29 is 4.74 Å². The van der Waals surface area contributed by atoms with Crippen LogP contribution in [0.1, 0.15) is 16.7 Å². The van der Waals surface area contributed by atoms with Gasteiger partial charge in [-0.3, -0.25) is 0 Å². The number of ether oxygens (including phenoxy) is 1. The normalized spacial score (nSPS) is 10.4. The first-order valence-electron chi connectivity index (χ1n) is 6.02. The van der Waals surface area contributed by atoms with Gasteiger partial charge >= 0.3 is 0 Å². The number of aryl methyl sites for hydroxylation is 1. The largest absolute Gasteiger partial charge is 0.376 e. The summed E-state index contributed by atoms with van der Waals surface area (Å²) in [7, 11) is 0. The lowest BCUT2D eigenvalue weighted by atomic mass is 10.1. The second-order valence-corrected chi connectivity index (χ2v) is 4.28. The van der Waals surface area contributed by atoms with Crippen LogP contribution in [0.4, 0.5) is 0 Å². The molecule has 0 aliphatic carbocycles. The summed E-state index contributed by atoms with van der Waals surface area (Å²) in [6.07, 6.45) is 0.981. The van der Waals surface area contributed by atoms with Crippen LogP contribution in [0, 0.1) is 6.92 Å². The van der Waals surface area contributed by atoms with Gasteiger partial charge in [-0.15, -0.1) is 0 Å². The fraction of sp³-hybridized carbons (Fsp3) is 0.250. The van der Waals surface area contributed by atoms with E-state index in [4.69, 9.17) is 4.74 Å². The number of hydrogen-bond donors (Lipinski definition) is 0. The maximum absolute atomic E-state index is 5.66. The summed E-state index contributed by atoms with van der Waals surface area (Å²) in [5.74, 6) is 0. The molecule has 17 heavy (non-hydrogen) atoms. The predicted molar refractivity (Wildman–Crippen MR) is 71.0 cm³/mol. The highest BCUT2D eigenvalue weighted by Gasteiger charge is 1.95. The van der Waals surface area contributed by atoms with Crippen LogP contribution in [-0.2, 0) is 17.8 Å². The molecule has 0 aliphatic heterocycles. The highest BCUT2D eigenvalue weighted by Crippen LogP contribution is 2.06. The lowest BCUT2D eigenvalue weighted by Gasteiger charge is -2.05. The molecule has 0 heterocycles. The molecule has 2 aromatic rings. The Kier molecular flexibility index (Phi) is 4.34. The van der Waals surface area contributed by atoms with Gasteiger partial charge in [-0.25, -0.2) is 0 Å². The van der Waals surface area contributed by atoms with E-state index in [1.807, 2.05) is 18.2 Å². The average Bonchev–Trinajstić information content (AvgIpc) is 2.36. The second kappa shape index (κ2) is 6.21. The predicted octanol–water partition coefficient (Wildman–Crippen LogP) is 3.75. The van der Waals surface area contributed by atoms with E-state index in [2.05, 4.69) is 43.3 Å². The van der Waals surface area contributed by atoms with Crippen LogP contribution in [0.2, 0.25) is 0 Å². The van der Waals surface area contributed by atoms with Crippen LogP contribution < -0.4 is 0 Å². The number of benzene rings is 2. The smallest absolute Gasteiger partial charge is 0.0717 e. The molecule has 2 aromatic carbocycles. The van der Waals surface area contributed by atoms with Crippen LogP contribution in [-0.4, -0.2) is 6.61 Å². The molecule has 0 radical (unpaired) electrons. The van der Waals surface area contributed by atoms with E-state index in [-0.39, 0.29) is 0 Å². The van der Waals surface area contributed by atoms with Crippen molar-refractivity contribution >= 4 is 0 Å². The van der Waals surface area contributed by atoms with Gasteiger partial charge in [0.15, 0.2) is 0 Å². The fourth-order valence-corrected chi connectivity index (χ4v) is 1.82. The maximum atomic E-state index is 5.66. The Morgan fingerprint density at radius 1 is 0.882 bits per heavy atom. The lowest BCUT2D eigenvalue weighted by molar-refractivity contribution is 0.124. The minimum Gasteiger partial charge on any atom is -0.376 e. The third-order valence-electron chi connectivity index (χ3n) is 2.73. The summed E-state index contributed by atoms with van der Waals surface area (Å²) in [5.41, 5.74) is 3.89. The van der Waals surface area contributed by atoms with Crippen molar-refractivity contribution in [2.45, 2.75) is 20.0 Å². The van der Waals surface area contributed by atoms with Crippen molar-refractivity contribution in [1.29, 1.82) is 0 Å². The first kappa shape index (κ1) is 11.9. The van der Waals surface area contributed by atoms with Gasteiger partial charge in [0.1, 0.15) is 0 Å². The van der Waals surface area contributed by atoms with Gasteiger partial charge in [0.25, 0.3) is 0 Å². The van der Waals surface area contributed by atoms with Crippen molar-refractivity contribution in [2.75, 3.05) is 6.61 Å². The molecule has 0 fully saturated rings. The molecular formula is C16H18O. The Balaban J connectivity index is 1.73. The van der Waals surface area contributed by atoms with Crippen LogP contribution in [0.5, 0.6) is 0 Å². The lowest BCUT2D eigenvalue weighted by Crippen LogP contribution is -1.99. The van der Waals surface area contributed by atoms with Crippen molar-refractivity contribution in [1.82, 2.24) is 0 Å². The zero-order chi connectivity index (χ0) is 11.9. The zero-order valence-electron chi connectivity index (χ0n) is 10.2. The molecule has 0 N–H and O–H groups in total. The summed E-state index contributed by atoms with van der Waals surface area (Å²) < 4.78 is 5.66. The molecule has 0 amide bonds. The van der Waals surface area contributed by atoms with E-state index in [1.165, 1.54) is 16.7 Å². The van der Waals surface area contributed by atoms with Gasteiger partial charge in [-0.05, 0) is 24.5 Å². The summed E-state index contributed by atoms with van der Waals surface area (Å²) in [6.45, 7) is 3.60. The molecule has 0 atom stereocenters. The van der Waals surface area contributed by atoms with Gasteiger partial charge in [-0.2, -0.15) is 0 Å². The van der Waals surface area contributed by atoms with Crippen LogP contribution >= 0.6 is 0 Å². The number of rotatable bonds is 5. The van der Waals surface area contributed by atoms with E-state index in [1.54, 1.807) is 0 Å². The first-order valence-corrected chi connectivity index (χ1v) is 6.02. The van der Waals surface area contributed by atoms with Crippen molar-refractivity contribution in [2.24, 2.45) is 0 Å². The van der Waals surface area contributed by atoms with Crippen molar-refractivity contribution in [3.8, 4) is 0 Å². The molecule has 0 saturated heterocycles. The zero-order valence-corrected chi connectivity index (χ0v) is 10.2. The molecule has 1 heteroatoms. The van der Waals surface area contributed by atoms with Gasteiger partial charge in [0.05, 0.1) is 13.2 Å². The molecule has 0 spiro atoms. The SMILES string of the molecule is Cc1cccc(CCOCc2ccccc2)c1. The fourth-order valence-electron chi connectivity index (χ4n) is 1.82. The van der Waals surface area contributed by atoms with E-state index in [0.29, 0.717) is 6.61 Å². The highest BCUT2D eigenvalue weighted by atomic mass is 16.5. The molecule has 0 bridgehead atoms. The molecule has 1 nitrogen and oxygen atoms in total. The van der Waals surface area contributed by atoms with Gasteiger partial charge in [0.2, 0.25) is 0 Å². The molecule has 0 aromatic heterocycles. The second-order valence-electron chi connectivity index (χ2n) is 4.28. The summed E-state index contributed by atoms with van der Waals surface area (Å²) in [4.78, 5) is 0. The number of hydrogen-bond acceptors (Lipinski definition) is 1. The average molecular weight is 226 g/mol. The first-order chi connectivity index (χ1) is 8.34. The third-order valence-corrected chi connectivity index (χ3v) is 2.73.